The Kier molecular flexibility index (Phi) is 2.78. The van der Waals surface area contributed by atoms with Crippen LogP contribution in [0.1, 0.15) is 17.5 Å². The summed E-state index contributed by atoms with van der Waals surface area (Å²) in [6, 6.07) is 15.5. The lowest BCUT2D eigenvalue weighted by Crippen LogP contribution is -2.20. The molecule has 2 heteroatoms. The average Bonchev–Trinajstić information content (AvgIpc) is 3.10. The van der Waals surface area contributed by atoms with Crippen LogP contribution in [0.15, 0.2) is 42.5 Å². The lowest BCUT2D eigenvalue weighted by molar-refractivity contribution is 0.238. The first-order valence-electron chi connectivity index (χ1n) is 7.42. The second kappa shape index (κ2) is 4.64. The van der Waals surface area contributed by atoms with E-state index in [0.29, 0.717) is 12.5 Å². The number of fused-ring (bicyclic) bond motifs is 3. The average molecular weight is 265 g/mol. The van der Waals surface area contributed by atoms with Crippen molar-refractivity contribution in [2.24, 2.45) is 5.92 Å². The summed E-state index contributed by atoms with van der Waals surface area (Å²) in [6.07, 6.45) is 2.16. The molecule has 2 aliphatic rings. The van der Waals surface area contributed by atoms with Crippen molar-refractivity contribution in [2.75, 3.05) is 24.6 Å². The summed E-state index contributed by atoms with van der Waals surface area (Å²) < 4.78 is 0. The summed E-state index contributed by atoms with van der Waals surface area (Å²) in [7, 11) is 0. The van der Waals surface area contributed by atoms with Crippen molar-refractivity contribution in [3.05, 3.63) is 53.6 Å². The zero-order valence-electron chi connectivity index (χ0n) is 11.5. The van der Waals surface area contributed by atoms with E-state index in [0.717, 1.165) is 25.9 Å². The molecule has 2 nitrogen and oxygen atoms in total. The highest BCUT2D eigenvalue weighted by Gasteiger charge is 2.24. The van der Waals surface area contributed by atoms with Crippen molar-refractivity contribution < 1.29 is 5.11 Å². The van der Waals surface area contributed by atoms with E-state index in [4.69, 9.17) is 0 Å². The Balaban J connectivity index is 1.66. The number of anilines is 1. The number of rotatable bonds is 2. The molecule has 1 N–H and O–H groups in total. The summed E-state index contributed by atoms with van der Waals surface area (Å²) in [5.41, 5.74) is 6.98. The Morgan fingerprint density at radius 3 is 2.75 bits per heavy atom. The number of aliphatic hydroxyl groups excluding tert-OH is 1. The first-order chi connectivity index (χ1) is 9.85. The van der Waals surface area contributed by atoms with Crippen molar-refractivity contribution in [2.45, 2.75) is 12.8 Å². The Labute approximate surface area is 119 Å². The number of hydrogen-bond acceptors (Lipinski definition) is 2. The van der Waals surface area contributed by atoms with Crippen LogP contribution in [0.4, 0.5) is 5.69 Å². The molecular formula is C18H19NO. The Morgan fingerprint density at radius 2 is 1.90 bits per heavy atom. The fourth-order valence-corrected chi connectivity index (χ4v) is 3.54. The van der Waals surface area contributed by atoms with Crippen molar-refractivity contribution in [1.82, 2.24) is 0 Å². The fraction of sp³-hybridized carbons (Fsp3) is 0.333. The third kappa shape index (κ3) is 1.83. The Morgan fingerprint density at radius 1 is 1.05 bits per heavy atom. The molecule has 1 unspecified atom stereocenters. The van der Waals surface area contributed by atoms with Gasteiger partial charge in [0.2, 0.25) is 0 Å². The molecule has 0 saturated carbocycles. The van der Waals surface area contributed by atoms with E-state index in [1.807, 2.05) is 0 Å². The van der Waals surface area contributed by atoms with Gasteiger partial charge in [0, 0.05) is 31.3 Å². The molecule has 20 heavy (non-hydrogen) atoms. The van der Waals surface area contributed by atoms with Crippen molar-refractivity contribution >= 4 is 5.69 Å². The number of hydrogen-bond donors (Lipinski definition) is 1. The third-order valence-corrected chi connectivity index (χ3v) is 4.69. The smallest absolute Gasteiger partial charge is 0.0476 e. The molecular weight excluding hydrogens is 246 g/mol. The molecule has 0 radical (unpaired) electrons. The molecule has 1 aliphatic carbocycles. The maximum absolute atomic E-state index is 9.28. The topological polar surface area (TPSA) is 23.5 Å². The van der Waals surface area contributed by atoms with Crippen LogP contribution in [0.2, 0.25) is 0 Å². The molecule has 1 fully saturated rings. The summed E-state index contributed by atoms with van der Waals surface area (Å²) in [5.74, 6) is 0.445. The molecule has 1 heterocycles. The zero-order valence-corrected chi connectivity index (χ0v) is 11.5. The van der Waals surface area contributed by atoms with E-state index >= 15 is 0 Å². The molecule has 2 aromatic rings. The van der Waals surface area contributed by atoms with Gasteiger partial charge in [0.05, 0.1) is 0 Å². The molecule has 0 amide bonds. The van der Waals surface area contributed by atoms with Gasteiger partial charge in [0.1, 0.15) is 0 Å². The van der Waals surface area contributed by atoms with Crippen LogP contribution >= 0.6 is 0 Å². The molecule has 102 valence electrons. The molecule has 0 spiro atoms. The van der Waals surface area contributed by atoms with Gasteiger partial charge in [-0.2, -0.15) is 0 Å². The van der Waals surface area contributed by atoms with Crippen LogP contribution in [0, 0.1) is 5.92 Å². The lowest BCUT2D eigenvalue weighted by atomic mass is 10.1. The third-order valence-electron chi connectivity index (χ3n) is 4.69. The summed E-state index contributed by atoms with van der Waals surface area (Å²) in [6.45, 7) is 2.37. The van der Waals surface area contributed by atoms with Crippen LogP contribution < -0.4 is 4.90 Å². The van der Waals surface area contributed by atoms with E-state index in [-0.39, 0.29) is 0 Å². The highest BCUT2D eigenvalue weighted by atomic mass is 16.3. The summed E-state index contributed by atoms with van der Waals surface area (Å²) in [4.78, 5) is 2.41. The van der Waals surface area contributed by atoms with Crippen LogP contribution in [-0.2, 0) is 6.42 Å². The SMILES string of the molecule is OCC1CCN(c2ccc3c(c2)Cc2ccccc2-3)C1. The van der Waals surface area contributed by atoms with Crippen molar-refractivity contribution in [3.8, 4) is 11.1 Å². The standard InChI is InChI=1S/C18H19NO/c20-12-13-7-8-19(11-13)16-5-6-18-15(10-16)9-14-3-1-2-4-17(14)18/h1-6,10,13,20H,7-9,11-12H2. The van der Waals surface area contributed by atoms with Gasteiger partial charge in [-0.3, -0.25) is 0 Å². The monoisotopic (exact) mass is 265 g/mol. The fourth-order valence-electron chi connectivity index (χ4n) is 3.54. The predicted molar refractivity (Wildman–Crippen MR) is 82.1 cm³/mol. The van der Waals surface area contributed by atoms with E-state index in [2.05, 4.69) is 47.4 Å². The number of nitrogens with zero attached hydrogens (tertiary/aromatic N) is 1. The zero-order chi connectivity index (χ0) is 13.5. The van der Waals surface area contributed by atoms with Gasteiger partial charge in [-0.05, 0) is 47.2 Å². The summed E-state index contributed by atoms with van der Waals surface area (Å²) in [5, 5.41) is 9.28. The van der Waals surface area contributed by atoms with Crippen molar-refractivity contribution in [3.63, 3.8) is 0 Å². The van der Waals surface area contributed by atoms with E-state index in [9.17, 15) is 5.11 Å². The molecule has 1 aliphatic heterocycles. The Hall–Kier alpha value is -1.80. The van der Waals surface area contributed by atoms with Crippen LogP contribution in [0.5, 0.6) is 0 Å². The van der Waals surface area contributed by atoms with Gasteiger partial charge in [-0.25, -0.2) is 0 Å². The predicted octanol–water partition coefficient (Wildman–Crippen LogP) is 3.08. The number of aliphatic hydroxyl groups is 1. The van der Waals surface area contributed by atoms with E-state index in [1.165, 1.54) is 27.9 Å². The minimum atomic E-state index is 0.312. The second-order valence-electron chi connectivity index (χ2n) is 5.96. The molecule has 0 aromatic heterocycles. The van der Waals surface area contributed by atoms with Crippen molar-refractivity contribution in [1.29, 1.82) is 0 Å². The molecule has 4 rings (SSSR count). The minimum Gasteiger partial charge on any atom is -0.396 e. The highest BCUT2D eigenvalue weighted by molar-refractivity contribution is 5.78. The number of benzene rings is 2. The first-order valence-corrected chi connectivity index (χ1v) is 7.42. The minimum absolute atomic E-state index is 0.312. The molecule has 0 bridgehead atoms. The lowest BCUT2D eigenvalue weighted by Gasteiger charge is -2.19. The van der Waals surface area contributed by atoms with Crippen LogP contribution in [-0.4, -0.2) is 24.8 Å². The van der Waals surface area contributed by atoms with Gasteiger partial charge < -0.3 is 10.0 Å². The quantitative estimate of drug-likeness (QED) is 0.769. The van der Waals surface area contributed by atoms with Gasteiger partial charge in [-0.15, -0.1) is 0 Å². The van der Waals surface area contributed by atoms with E-state index < -0.39 is 0 Å². The Bertz CT molecular complexity index is 650. The van der Waals surface area contributed by atoms with Crippen LogP contribution in [0.25, 0.3) is 11.1 Å². The van der Waals surface area contributed by atoms with Gasteiger partial charge in [0.15, 0.2) is 0 Å². The van der Waals surface area contributed by atoms with Gasteiger partial charge in [0.25, 0.3) is 0 Å². The largest absolute Gasteiger partial charge is 0.396 e. The first kappa shape index (κ1) is 12.0. The maximum atomic E-state index is 9.28. The maximum Gasteiger partial charge on any atom is 0.0476 e. The second-order valence-corrected chi connectivity index (χ2v) is 5.96. The highest BCUT2D eigenvalue weighted by Crippen LogP contribution is 2.38. The van der Waals surface area contributed by atoms with E-state index in [1.54, 1.807) is 0 Å². The molecule has 1 atom stereocenters. The molecule has 2 aromatic carbocycles. The summed E-state index contributed by atoms with van der Waals surface area (Å²) >= 11 is 0. The normalized spacial score (nSPS) is 20.1. The molecule has 1 saturated heterocycles. The van der Waals surface area contributed by atoms with Gasteiger partial charge in [-0.1, -0.05) is 30.3 Å². The van der Waals surface area contributed by atoms with Crippen LogP contribution in [0.3, 0.4) is 0 Å². The van der Waals surface area contributed by atoms with Gasteiger partial charge >= 0.3 is 0 Å².